The molecule has 23 heavy (non-hydrogen) atoms. The first kappa shape index (κ1) is 15.1. The maximum atomic E-state index is 12.1. The largest absolute Gasteiger partial charge is 0.439 e. The lowest BCUT2D eigenvalue weighted by Crippen LogP contribution is -2.22. The summed E-state index contributed by atoms with van der Waals surface area (Å²) in [4.78, 5) is 16.7. The SMILES string of the molecule is Cc1nnsc1C(=O)NCc1cccc(Oc2ccccn2)c1. The molecular weight excluding hydrogens is 312 g/mol. The van der Waals surface area contributed by atoms with E-state index in [2.05, 4.69) is 19.9 Å². The highest BCUT2D eigenvalue weighted by atomic mass is 32.1. The first-order chi connectivity index (χ1) is 11.2. The third-order valence-corrected chi connectivity index (χ3v) is 3.90. The van der Waals surface area contributed by atoms with Crippen LogP contribution >= 0.6 is 11.5 Å². The molecule has 0 aliphatic carbocycles. The Morgan fingerprint density at radius 2 is 2.17 bits per heavy atom. The van der Waals surface area contributed by atoms with Gasteiger partial charge in [0.1, 0.15) is 10.6 Å². The smallest absolute Gasteiger partial charge is 0.265 e. The minimum atomic E-state index is -0.173. The van der Waals surface area contributed by atoms with Crippen molar-refractivity contribution >= 4 is 17.4 Å². The van der Waals surface area contributed by atoms with Crippen LogP contribution in [-0.2, 0) is 6.54 Å². The number of aromatic nitrogens is 3. The van der Waals surface area contributed by atoms with Crippen LogP contribution in [-0.4, -0.2) is 20.5 Å². The van der Waals surface area contributed by atoms with E-state index in [0.29, 0.717) is 28.7 Å². The Bertz CT molecular complexity index is 805. The number of benzene rings is 1. The number of ether oxygens (including phenoxy) is 1. The van der Waals surface area contributed by atoms with E-state index < -0.39 is 0 Å². The minimum absolute atomic E-state index is 0.173. The van der Waals surface area contributed by atoms with E-state index in [1.165, 1.54) is 0 Å². The molecule has 1 amide bonds. The van der Waals surface area contributed by atoms with Gasteiger partial charge in [0.25, 0.3) is 5.91 Å². The van der Waals surface area contributed by atoms with E-state index in [0.717, 1.165) is 17.1 Å². The lowest BCUT2D eigenvalue weighted by Gasteiger charge is -2.07. The van der Waals surface area contributed by atoms with E-state index >= 15 is 0 Å². The molecule has 0 bridgehead atoms. The van der Waals surface area contributed by atoms with E-state index in [9.17, 15) is 4.79 Å². The summed E-state index contributed by atoms with van der Waals surface area (Å²) >= 11 is 1.09. The van der Waals surface area contributed by atoms with Gasteiger partial charge in [0, 0.05) is 18.8 Å². The maximum absolute atomic E-state index is 12.1. The molecular formula is C16H14N4O2S. The summed E-state index contributed by atoms with van der Waals surface area (Å²) in [5, 5.41) is 6.69. The molecule has 7 heteroatoms. The number of carbonyl (C=O) groups excluding carboxylic acids is 1. The normalized spacial score (nSPS) is 10.3. The summed E-state index contributed by atoms with van der Waals surface area (Å²) in [6, 6.07) is 13.0. The summed E-state index contributed by atoms with van der Waals surface area (Å²) in [5.41, 5.74) is 1.57. The van der Waals surface area contributed by atoms with Gasteiger partial charge < -0.3 is 10.1 Å². The van der Waals surface area contributed by atoms with Crippen molar-refractivity contribution in [3.05, 3.63) is 64.8 Å². The van der Waals surface area contributed by atoms with E-state index in [4.69, 9.17) is 4.74 Å². The third-order valence-electron chi connectivity index (χ3n) is 3.07. The zero-order valence-electron chi connectivity index (χ0n) is 12.4. The van der Waals surface area contributed by atoms with Crippen molar-refractivity contribution in [2.24, 2.45) is 0 Å². The third kappa shape index (κ3) is 3.89. The zero-order chi connectivity index (χ0) is 16.1. The maximum Gasteiger partial charge on any atom is 0.265 e. The van der Waals surface area contributed by atoms with Gasteiger partial charge in [-0.25, -0.2) is 4.98 Å². The lowest BCUT2D eigenvalue weighted by atomic mass is 10.2. The number of carbonyl (C=O) groups is 1. The first-order valence-electron chi connectivity index (χ1n) is 6.97. The van der Waals surface area contributed by atoms with E-state index in [1.807, 2.05) is 36.4 Å². The van der Waals surface area contributed by atoms with Crippen molar-refractivity contribution in [1.29, 1.82) is 0 Å². The molecule has 0 radical (unpaired) electrons. The summed E-state index contributed by atoms with van der Waals surface area (Å²) in [5.74, 6) is 1.03. The lowest BCUT2D eigenvalue weighted by molar-refractivity contribution is 0.0954. The van der Waals surface area contributed by atoms with E-state index in [-0.39, 0.29) is 5.91 Å². The highest BCUT2D eigenvalue weighted by Gasteiger charge is 2.12. The molecule has 0 aliphatic heterocycles. The van der Waals surface area contributed by atoms with Crippen molar-refractivity contribution in [2.75, 3.05) is 0 Å². The van der Waals surface area contributed by atoms with Crippen LogP contribution in [0, 0.1) is 6.92 Å². The molecule has 1 N–H and O–H groups in total. The second kappa shape index (κ2) is 6.97. The Kier molecular flexibility index (Phi) is 4.58. The van der Waals surface area contributed by atoms with Crippen LogP contribution in [0.5, 0.6) is 11.6 Å². The van der Waals surface area contributed by atoms with Crippen LogP contribution in [0.1, 0.15) is 20.9 Å². The van der Waals surface area contributed by atoms with Crippen molar-refractivity contribution < 1.29 is 9.53 Å². The van der Waals surface area contributed by atoms with Crippen molar-refractivity contribution in [2.45, 2.75) is 13.5 Å². The fraction of sp³-hybridized carbons (Fsp3) is 0.125. The molecule has 3 aromatic rings. The van der Waals surface area contributed by atoms with Crippen LogP contribution in [0.3, 0.4) is 0 Å². The molecule has 116 valence electrons. The minimum Gasteiger partial charge on any atom is -0.439 e. The second-order valence-corrected chi connectivity index (χ2v) is 5.54. The number of nitrogens with one attached hydrogen (secondary N) is 1. The Morgan fingerprint density at radius 1 is 1.26 bits per heavy atom. The summed E-state index contributed by atoms with van der Waals surface area (Å²) in [6.45, 7) is 2.16. The molecule has 0 aliphatic rings. The zero-order valence-corrected chi connectivity index (χ0v) is 13.2. The predicted molar refractivity (Wildman–Crippen MR) is 86.6 cm³/mol. The predicted octanol–water partition coefficient (Wildman–Crippen LogP) is 2.96. The number of nitrogens with zero attached hydrogens (tertiary/aromatic N) is 3. The average Bonchev–Trinajstić information content (AvgIpc) is 3.00. The van der Waals surface area contributed by atoms with Gasteiger partial charge in [-0.15, -0.1) is 5.10 Å². The molecule has 0 saturated carbocycles. The summed E-state index contributed by atoms with van der Waals surface area (Å²) in [7, 11) is 0. The van der Waals surface area contributed by atoms with Crippen LogP contribution < -0.4 is 10.1 Å². The van der Waals surface area contributed by atoms with Crippen molar-refractivity contribution in [1.82, 2.24) is 19.9 Å². The van der Waals surface area contributed by atoms with Crippen molar-refractivity contribution in [3.8, 4) is 11.6 Å². The first-order valence-corrected chi connectivity index (χ1v) is 7.75. The Labute approximate surface area is 137 Å². The molecule has 0 atom stereocenters. The second-order valence-electron chi connectivity index (χ2n) is 4.79. The quantitative estimate of drug-likeness (QED) is 0.780. The van der Waals surface area contributed by atoms with Crippen LogP contribution in [0.15, 0.2) is 48.7 Å². The van der Waals surface area contributed by atoms with Crippen molar-refractivity contribution in [3.63, 3.8) is 0 Å². The topological polar surface area (TPSA) is 77.0 Å². The molecule has 0 spiro atoms. The van der Waals surface area contributed by atoms with E-state index in [1.54, 1.807) is 19.2 Å². The molecule has 0 fully saturated rings. The number of pyridine rings is 1. The Balaban J connectivity index is 1.64. The average molecular weight is 326 g/mol. The van der Waals surface area contributed by atoms with Crippen LogP contribution in [0.4, 0.5) is 0 Å². The highest BCUT2D eigenvalue weighted by Crippen LogP contribution is 2.20. The number of amides is 1. The van der Waals surface area contributed by atoms with Crippen LogP contribution in [0.2, 0.25) is 0 Å². The molecule has 2 heterocycles. The van der Waals surface area contributed by atoms with Gasteiger partial charge in [0.2, 0.25) is 5.88 Å². The van der Waals surface area contributed by atoms with Gasteiger partial charge in [-0.1, -0.05) is 22.7 Å². The Morgan fingerprint density at radius 3 is 2.91 bits per heavy atom. The van der Waals surface area contributed by atoms with Gasteiger partial charge in [0.15, 0.2) is 0 Å². The monoisotopic (exact) mass is 326 g/mol. The molecule has 6 nitrogen and oxygen atoms in total. The van der Waals surface area contributed by atoms with Gasteiger partial charge in [0.05, 0.1) is 5.69 Å². The number of hydrogen-bond donors (Lipinski definition) is 1. The van der Waals surface area contributed by atoms with Gasteiger partial charge in [-0.05, 0) is 42.2 Å². The molecule has 2 aromatic heterocycles. The van der Waals surface area contributed by atoms with Gasteiger partial charge in [-0.2, -0.15) is 0 Å². The molecule has 3 rings (SSSR count). The molecule has 0 saturated heterocycles. The summed E-state index contributed by atoms with van der Waals surface area (Å²) in [6.07, 6.45) is 1.67. The summed E-state index contributed by atoms with van der Waals surface area (Å²) < 4.78 is 9.44. The van der Waals surface area contributed by atoms with Gasteiger partial charge >= 0.3 is 0 Å². The number of rotatable bonds is 5. The number of hydrogen-bond acceptors (Lipinski definition) is 6. The molecule has 1 aromatic carbocycles. The fourth-order valence-corrected chi connectivity index (χ4v) is 2.52. The fourth-order valence-electron chi connectivity index (χ4n) is 1.95. The van der Waals surface area contributed by atoms with Gasteiger partial charge in [-0.3, -0.25) is 4.79 Å². The molecule has 0 unspecified atom stereocenters. The number of aryl methyl sites for hydroxylation is 1. The highest BCUT2D eigenvalue weighted by molar-refractivity contribution is 7.07. The van der Waals surface area contributed by atoms with Crippen LogP contribution in [0.25, 0.3) is 0 Å². The standard InChI is InChI=1S/C16H14N4O2S/c1-11-15(23-20-19-11)16(21)18-10-12-5-4-6-13(9-12)22-14-7-2-3-8-17-14/h2-9H,10H2,1H3,(H,18,21). The Hall–Kier alpha value is -2.80.